The van der Waals surface area contributed by atoms with E-state index >= 15 is 0 Å². The maximum Gasteiger partial charge on any atom is 0.338 e. The number of carbonyl (C=O) groups is 3. The summed E-state index contributed by atoms with van der Waals surface area (Å²) in [7, 11) is 0. The zero-order valence-corrected chi connectivity index (χ0v) is 13.3. The molecule has 1 aromatic heterocycles. The van der Waals surface area contributed by atoms with Gasteiger partial charge in [0.15, 0.2) is 23.9 Å². The van der Waals surface area contributed by atoms with Gasteiger partial charge in [-0.25, -0.2) is 4.79 Å². The van der Waals surface area contributed by atoms with Crippen LogP contribution >= 0.6 is 0 Å². The molecule has 0 saturated heterocycles. The summed E-state index contributed by atoms with van der Waals surface area (Å²) in [6.07, 6.45) is 2.89. The lowest BCUT2D eigenvalue weighted by atomic mass is 10.1. The number of nitrogens with one attached hydrogen (secondary N) is 1. The standard InChI is InChI=1S/C17H14N2O6/c1-10(20)12-6-14-15(25-9-24-14)7-13(12)19-16(21)8-23-17(22)11-2-4-18-5-3-11/h2-7H,8-9H2,1H3,(H,19,21). The van der Waals surface area contributed by atoms with E-state index in [-0.39, 0.29) is 29.4 Å². The molecule has 1 amide bonds. The number of anilines is 1. The molecule has 1 N–H and O–H groups in total. The first-order valence-corrected chi connectivity index (χ1v) is 7.36. The molecule has 1 aliphatic heterocycles. The summed E-state index contributed by atoms with van der Waals surface area (Å²) in [4.78, 5) is 39.4. The van der Waals surface area contributed by atoms with Crippen molar-refractivity contribution in [3.05, 3.63) is 47.8 Å². The number of fused-ring (bicyclic) bond motifs is 1. The third-order valence-electron chi connectivity index (χ3n) is 3.42. The maximum atomic E-state index is 12.0. The second-order valence-corrected chi connectivity index (χ2v) is 5.17. The fourth-order valence-corrected chi connectivity index (χ4v) is 2.23. The minimum Gasteiger partial charge on any atom is -0.454 e. The highest BCUT2D eigenvalue weighted by Crippen LogP contribution is 2.37. The van der Waals surface area contributed by atoms with Crippen molar-refractivity contribution >= 4 is 23.3 Å². The SMILES string of the molecule is CC(=O)c1cc2c(cc1NC(=O)COC(=O)c1ccncc1)OCO2. The summed E-state index contributed by atoms with van der Waals surface area (Å²) in [6, 6.07) is 5.96. The van der Waals surface area contributed by atoms with Crippen LogP contribution in [0.25, 0.3) is 0 Å². The average molecular weight is 342 g/mol. The Morgan fingerprint density at radius 1 is 1.16 bits per heavy atom. The molecule has 2 aromatic rings. The highest BCUT2D eigenvalue weighted by molar-refractivity contribution is 6.05. The molecule has 8 heteroatoms. The zero-order chi connectivity index (χ0) is 17.8. The topological polar surface area (TPSA) is 104 Å². The lowest BCUT2D eigenvalue weighted by Crippen LogP contribution is -2.22. The summed E-state index contributed by atoms with van der Waals surface area (Å²) in [5, 5.41) is 2.54. The predicted molar refractivity (Wildman–Crippen MR) is 85.7 cm³/mol. The van der Waals surface area contributed by atoms with Crippen LogP contribution in [-0.4, -0.2) is 36.0 Å². The number of benzene rings is 1. The van der Waals surface area contributed by atoms with E-state index in [4.69, 9.17) is 14.2 Å². The number of amides is 1. The quantitative estimate of drug-likeness (QED) is 0.653. The second kappa shape index (κ2) is 7.00. The van der Waals surface area contributed by atoms with Gasteiger partial charge in [-0.05, 0) is 25.1 Å². The molecule has 0 bridgehead atoms. The van der Waals surface area contributed by atoms with Gasteiger partial charge in [0.2, 0.25) is 6.79 Å². The molecule has 8 nitrogen and oxygen atoms in total. The predicted octanol–water partition coefficient (Wildman–Crippen LogP) is 1.81. The number of Topliss-reactive ketones (excluding diaryl/α,β-unsaturated/α-hetero) is 1. The highest BCUT2D eigenvalue weighted by atomic mass is 16.7. The monoisotopic (exact) mass is 342 g/mol. The van der Waals surface area contributed by atoms with Gasteiger partial charge in [-0.1, -0.05) is 0 Å². The first-order valence-electron chi connectivity index (χ1n) is 7.36. The van der Waals surface area contributed by atoms with Crippen molar-refractivity contribution in [3.8, 4) is 11.5 Å². The lowest BCUT2D eigenvalue weighted by Gasteiger charge is -2.11. The van der Waals surface area contributed by atoms with E-state index in [2.05, 4.69) is 10.3 Å². The van der Waals surface area contributed by atoms with E-state index in [0.29, 0.717) is 11.5 Å². The Morgan fingerprint density at radius 2 is 1.84 bits per heavy atom. The third-order valence-corrected chi connectivity index (χ3v) is 3.42. The molecule has 0 radical (unpaired) electrons. The van der Waals surface area contributed by atoms with Crippen molar-refractivity contribution < 1.29 is 28.6 Å². The molecule has 0 fully saturated rings. The molecule has 3 rings (SSSR count). The van der Waals surface area contributed by atoms with Crippen LogP contribution in [0.2, 0.25) is 0 Å². The lowest BCUT2D eigenvalue weighted by molar-refractivity contribution is -0.119. The van der Waals surface area contributed by atoms with E-state index in [9.17, 15) is 14.4 Å². The van der Waals surface area contributed by atoms with Gasteiger partial charge in [0, 0.05) is 24.0 Å². The van der Waals surface area contributed by atoms with Crippen molar-refractivity contribution in [2.75, 3.05) is 18.7 Å². The van der Waals surface area contributed by atoms with Crippen LogP contribution in [0.5, 0.6) is 11.5 Å². The van der Waals surface area contributed by atoms with E-state index in [1.54, 1.807) is 0 Å². The molecule has 0 aliphatic carbocycles. The summed E-state index contributed by atoms with van der Waals surface area (Å²) in [5.41, 5.74) is 0.829. The van der Waals surface area contributed by atoms with Crippen LogP contribution in [0, 0.1) is 0 Å². The van der Waals surface area contributed by atoms with Crippen molar-refractivity contribution in [2.45, 2.75) is 6.92 Å². The summed E-state index contributed by atoms with van der Waals surface area (Å²) in [6.45, 7) is 0.928. The largest absolute Gasteiger partial charge is 0.454 e. The number of ether oxygens (including phenoxy) is 3. The summed E-state index contributed by atoms with van der Waals surface area (Å²) >= 11 is 0. The van der Waals surface area contributed by atoms with Crippen LogP contribution in [0.15, 0.2) is 36.7 Å². The first-order chi connectivity index (χ1) is 12.0. The minimum absolute atomic E-state index is 0.0492. The fourth-order valence-electron chi connectivity index (χ4n) is 2.23. The molecular weight excluding hydrogens is 328 g/mol. The van der Waals surface area contributed by atoms with E-state index < -0.39 is 18.5 Å². The van der Waals surface area contributed by atoms with Gasteiger partial charge < -0.3 is 19.5 Å². The number of aromatic nitrogens is 1. The Hall–Kier alpha value is -3.42. The molecule has 1 aliphatic rings. The van der Waals surface area contributed by atoms with Gasteiger partial charge in [-0.15, -0.1) is 0 Å². The van der Waals surface area contributed by atoms with Gasteiger partial charge >= 0.3 is 5.97 Å². The molecule has 0 atom stereocenters. The van der Waals surface area contributed by atoms with E-state index in [0.717, 1.165) is 0 Å². The fraction of sp³-hybridized carbons (Fsp3) is 0.176. The van der Waals surface area contributed by atoms with Crippen molar-refractivity contribution in [1.82, 2.24) is 4.98 Å². The summed E-state index contributed by atoms with van der Waals surface area (Å²) in [5.74, 6) is -0.609. The normalized spacial score (nSPS) is 11.7. The Labute approximate surface area is 142 Å². The maximum absolute atomic E-state index is 12.0. The van der Waals surface area contributed by atoms with Crippen molar-refractivity contribution in [1.29, 1.82) is 0 Å². The number of rotatable bonds is 5. The zero-order valence-electron chi connectivity index (χ0n) is 13.3. The van der Waals surface area contributed by atoms with Gasteiger partial charge in [-0.2, -0.15) is 0 Å². The Morgan fingerprint density at radius 3 is 2.52 bits per heavy atom. The molecular formula is C17H14N2O6. The number of hydrogen-bond donors (Lipinski definition) is 1. The molecule has 1 aromatic carbocycles. The number of pyridine rings is 1. The van der Waals surface area contributed by atoms with Gasteiger partial charge in [-0.3, -0.25) is 14.6 Å². The van der Waals surface area contributed by atoms with Gasteiger partial charge in [0.25, 0.3) is 5.91 Å². The van der Waals surface area contributed by atoms with Crippen LogP contribution < -0.4 is 14.8 Å². The second-order valence-electron chi connectivity index (χ2n) is 5.17. The van der Waals surface area contributed by atoms with Crippen molar-refractivity contribution in [3.63, 3.8) is 0 Å². The average Bonchev–Trinajstić information content (AvgIpc) is 3.07. The molecule has 0 spiro atoms. The molecule has 0 unspecified atom stereocenters. The van der Waals surface area contributed by atoms with Gasteiger partial charge in [0.1, 0.15) is 0 Å². The van der Waals surface area contributed by atoms with Crippen LogP contribution in [0.3, 0.4) is 0 Å². The number of carbonyl (C=O) groups excluding carboxylic acids is 3. The van der Waals surface area contributed by atoms with E-state index in [1.807, 2.05) is 0 Å². The number of esters is 1. The van der Waals surface area contributed by atoms with Crippen molar-refractivity contribution in [2.24, 2.45) is 0 Å². The minimum atomic E-state index is -0.643. The smallest absolute Gasteiger partial charge is 0.338 e. The first kappa shape index (κ1) is 16.4. The highest BCUT2D eigenvalue weighted by Gasteiger charge is 2.20. The van der Waals surface area contributed by atoms with Crippen LogP contribution in [0.1, 0.15) is 27.6 Å². The molecule has 128 valence electrons. The number of ketones is 1. The molecule has 2 heterocycles. The van der Waals surface area contributed by atoms with Gasteiger partial charge in [0.05, 0.1) is 11.3 Å². The van der Waals surface area contributed by atoms with Crippen LogP contribution in [-0.2, 0) is 9.53 Å². The Balaban J connectivity index is 1.67. The Bertz CT molecular complexity index is 835. The Kier molecular flexibility index (Phi) is 4.60. The number of nitrogens with zero attached hydrogens (tertiary/aromatic N) is 1. The van der Waals surface area contributed by atoms with E-state index in [1.165, 1.54) is 43.6 Å². The van der Waals surface area contributed by atoms with Crippen LogP contribution in [0.4, 0.5) is 5.69 Å². The molecule has 0 saturated carbocycles. The number of hydrogen-bond acceptors (Lipinski definition) is 7. The summed E-state index contributed by atoms with van der Waals surface area (Å²) < 4.78 is 15.4. The molecule has 25 heavy (non-hydrogen) atoms. The third kappa shape index (κ3) is 3.74.